The lowest BCUT2D eigenvalue weighted by atomic mass is 9.98. The normalized spacial score (nSPS) is 15.9. The van der Waals surface area contributed by atoms with Crippen molar-refractivity contribution in [1.29, 1.82) is 5.41 Å². The summed E-state index contributed by atoms with van der Waals surface area (Å²) in [7, 11) is 0. The maximum Gasteiger partial charge on any atom is 0.326 e. The number of carboxylic acid groups (broad SMARTS) is 2. The number of rotatable bonds is 63. The van der Waals surface area contributed by atoms with E-state index in [-0.39, 0.29) is 82.5 Å². The Morgan fingerprint density at radius 1 is 0.450 bits per heavy atom. The molecule has 3 rings (SSSR count). The molecule has 140 heavy (non-hydrogen) atoms. The monoisotopic (exact) mass is 2000 g/mol. The highest BCUT2D eigenvalue weighted by Gasteiger charge is 2.44. The predicted molar refractivity (Wildman–Crippen MR) is 505 cm³/mol. The van der Waals surface area contributed by atoms with Crippen molar-refractivity contribution in [2.75, 3.05) is 45.1 Å². The number of aliphatic hydroxyl groups excluding tert-OH is 3. The number of guanidine groups is 1. The topological polar surface area (TPSA) is 842 Å². The zero-order valence-electron chi connectivity index (χ0n) is 80.0. The summed E-state index contributed by atoms with van der Waals surface area (Å²) >= 11 is 4.30. The minimum atomic E-state index is -2.04. The molecule has 1 saturated heterocycles. The molecular formula is C88H140N24O27S. The Morgan fingerprint density at radius 3 is 1.38 bits per heavy atom. The SMILES string of the molecule is CC(C)C[C@H](NC(=O)[C@H](CC(C)C)NC(=O)[C@H](CS)NC(=O)[C@@H](NC(=O)[C@@H](NC(=O)[C@H](CO)NC(=O)[C@H](C)NC(=O)[C@@H](NC(=O)CNC(=O)[C@H](CO)NC(=O)[C@@H](N)CCCCN)[C@@H](C)O)C(C)C)C(C)C)C(=O)N[C@@H](CC(N)=O)C(=O)N[C@@H](CC(N)=O)C(=O)N[C@@H](Cc1ccccc1)C(=O)N[C@@H](Cc1ccc(O)cc1)C(=O)N1CCC[C@H]1C(=O)N[C@@H](CCCNC(=N)N)C(=O)N[C@@H](CCC(=O)O)C(=O)O. The molecule has 0 saturated carbocycles. The number of likely N-dealkylation sites (tertiary alicyclic amines) is 1. The molecule has 0 bridgehead atoms. The van der Waals surface area contributed by atoms with Gasteiger partial charge in [0.15, 0.2) is 5.96 Å². The number of unbranched alkanes of at least 4 members (excludes halogenated alkanes) is 1. The predicted octanol–water partition coefficient (Wildman–Crippen LogP) is -9.30. The summed E-state index contributed by atoms with van der Waals surface area (Å²) in [6.45, 7) is 12.4. The Bertz CT molecular complexity index is 4590. The summed E-state index contributed by atoms with van der Waals surface area (Å²) in [5.74, 6) is -26.6. The van der Waals surface area contributed by atoms with Crippen LogP contribution in [0.3, 0.4) is 0 Å². The van der Waals surface area contributed by atoms with Crippen LogP contribution in [0.5, 0.6) is 5.75 Å². The minimum Gasteiger partial charge on any atom is -0.508 e. The van der Waals surface area contributed by atoms with Gasteiger partial charge in [-0.3, -0.25) is 101 Å². The van der Waals surface area contributed by atoms with Crippen LogP contribution in [-0.4, -0.2) is 320 Å². The molecule has 1 heterocycles. The molecule has 2 aromatic rings. The highest BCUT2D eigenvalue weighted by molar-refractivity contribution is 7.80. The van der Waals surface area contributed by atoms with E-state index < -0.39 is 308 Å². The van der Waals surface area contributed by atoms with Gasteiger partial charge >= 0.3 is 11.9 Å². The summed E-state index contributed by atoms with van der Waals surface area (Å²) in [5, 5.41) is 108. The number of aliphatic hydroxyl groups is 3. The summed E-state index contributed by atoms with van der Waals surface area (Å²) in [5.41, 5.74) is 28.8. The molecule has 0 aliphatic carbocycles. The number of primary amides is 2. The van der Waals surface area contributed by atoms with Crippen LogP contribution < -0.4 is 119 Å². The molecule has 0 spiro atoms. The number of nitrogens with two attached hydrogens (primary N) is 5. The fourth-order valence-corrected chi connectivity index (χ4v) is 14.5. The Balaban J connectivity index is 1.87. The Hall–Kier alpha value is -13.5. The Labute approximate surface area is 814 Å². The number of phenols is 1. The van der Waals surface area contributed by atoms with Crippen molar-refractivity contribution in [2.45, 2.75) is 274 Å². The van der Waals surface area contributed by atoms with Gasteiger partial charge in [-0.2, -0.15) is 12.6 Å². The van der Waals surface area contributed by atoms with E-state index in [1.165, 1.54) is 52.0 Å². The zero-order chi connectivity index (χ0) is 106. The van der Waals surface area contributed by atoms with Gasteiger partial charge in [-0.05, 0) is 125 Å². The molecule has 2 aromatic carbocycles. The largest absolute Gasteiger partial charge is 0.508 e. The molecule has 1 fully saturated rings. The first-order valence-corrected chi connectivity index (χ1v) is 46.4. The summed E-state index contributed by atoms with van der Waals surface area (Å²) in [4.78, 5) is 289. The van der Waals surface area contributed by atoms with Crippen molar-refractivity contribution in [2.24, 2.45) is 52.3 Å². The number of carboxylic acids is 2. The Morgan fingerprint density at radius 2 is 0.886 bits per heavy atom. The molecule has 0 radical (unpaired) electrons. The first-order chi connectivity index (χ1) is 65.8. The standard InChI is InChI=1S/C88H140N24O27S/c1-42(2)32-54(100-75(126)55(33-43(3)4)101-81(132)62(41-140)108-83(134)68(44(5)6)111-84(135)69(45(7)8)110-80(131)61(40-114)106-71(122)46(9)97-85(136)70(47(10)115)109-66(119)38-96-73(124)60(39-113)107-72(123)51(90)20-14-15-29-89)76(127)103-58(37-65(92)118)79(130)104-57(36-64(91)117)78(129)102-56(34-48-18-12-11-13-19-48)77(128)105-59(35-49-23-25-50(116)26-24-49)86(137)112-31-17-22-63(112)82(133)98-52(21-16-30-95-88(93)94)74(125)99-53(87(138)139)27-28-67(120)121/h11-13,18-19,23-26,42-47,51-63,68-70,113-116,140H,14-17,20-22,27-41,89-90H2,1-10H3,(H2,91,117)(H2,92,118)(H,96,124)(H,97,136)(H,98,133)(H,99,125)(H,100,126)(H,101,132)(H,102,129)(H,103,127)(H,104,130)(H,105,128)(H,106,122)(H,107,123)(H,108,134)(H,109,119)(H,110,131)(H,111,135)(H,120,121)(H,138,139)(H4,93,94,95)/t46-,47+,51-,52-,53-,54-,55-,56-,57-,58-,59-,60-,61-,62-,63-,68-,69-,70-/m0/s1. The second-order valence-corrected chi connectivity index (χ2v) is 35.8. The first kappa shape index (κ1) is 121. The molecule has 51 nitrogen and oxygen atoms in total. The van der Waals surface area contributed by atoms with Gasteiger partial charge in [0, 0.05) is 38.1 Å². The van der Waals surface area contributed by atoms with Gasteiger partial charge in [0.25, 0.3) is 0 Å². The molecule has 780 valence electrons. The molecule has 0 unspecified atom stereocenters. The van der Waals surface area contributed by atoms with E-state index >= 15 is 9.59 Å². The van der Waals surface area contributed by atoms with E-state index in [2.05, 4.69) is 103 Å². The van der Waals surface area contributed by atoms with Gasteiger partial charge in [-0.25, -0.2) is 4.79 Å². The minimum absolute atomic E-state index is 0.00849. The lowest BCUT2D eigenvalue weighted by Gasteiger charge is -2.31. The van der Waals surface area contributed by atoms with E-state index in [1.54, 1.807) is 58.0 Å². The number of aliphatic carboxylic acids is 2. The van der Waals surface area contributed by atoms with Gasteiger partial charge in [0.05, 0.1) is 44.7 Å². The molecule has 19 amide bonds. The summed E-state index contributed by atoms with van der Waals surface area (Å²) in [6.07, 6.45) is -4.50. The van der Waals surface area contributed by atoms with E-state index in [0.29, 0.717) is 30.5 Å². The van der Waals surface area contributed by atoms with Gasteiger partial charge in [0.2, 0.25) is 112 Å². The van der Waals surface area contributed by atoms with Crippen molar-refractivity contribution in [1.82, 2.24) is 95.3 Å². The molecule has 1 aliphatic heterocycles. The average Bonchev–Trinajstić information content (AvgIpc) is 1.63. The number of phenolic OH excluding ortho intramolecular Hbond substituents is 1. The summed E-state index contributed by atoms with van der Waals surface area (Å²) in [6, 6.07) is -14.0. The number of thiol groups is 1. The van der Waals surface area contributed by atoms with Gasteiger partial charge in [0.1, 0.15) is 102 Å². The number of nitrogens with one attached hydrogen (secondary N) is 18. The maximum atomic E-state index is 15.1. The van der Waals surface area contributed by atoms with E-state index in [9.17, 15) is 122 Å². The highest BCUT2D eigenvalue weighted by atomic mass is 32.1. The maximum absolute atomic E-state index is 15.1. The average molecular weight is 2000 g/mol. The second-order valence-electron chi connectivity index (χ2n) is 35.4. The lowest BCUT2D eigenvalue weighted by Crippen LogP contribution is -2.62. The van der Waals surface area contributed by atoms with Crippen LogP contribution in [-0.2, 0) is 114 Å². The second kappa shape index (κ2) is 61.1. The highest BCUT2D eigenvalue weighted by Crippen LogP contribution is 2.23. The number of benzene rings is 2. The molecule has 0 aromatic heterocycles. The molecule has 1 aliphatic rings. The third-order valence-corrected chi connectivity index (χ3v) is 22.2. The lowest BCUT2D eigenvalue weighted by molar-refractivity contribution is -0.144. The van der Waals surface area contributed by atoms with Crippen LogP contribution in [0, 0.1) is 29.1 Å². The fraction of sp³-hybridized carbons (Fsp3) is 0.614. The third-order valence-electron chi connectivity index (χ3n) is 21.9. The number of carbonyl (C=O) groups excluding carboxylic acids is 19. The first-order valence-electron chi connectivity index (χ1n) is 45.8. The van der Waals surface area contributed by atoms with Crippen LogP contribution in [0.1, 0.15) is 164 Å². The Kier molecular flexibility index (Phi) is 52.7. The van der Waals surface area contributed by atoms with Crippen LogP contribution in [0.4, 0.5) is 0 Å². The number of amides is 19. The number of aromatic hydroxyl groups is 1. The zero-order valence-corrected chi connectivity index (χ0v) is 80.9. The summed E-state index contributed by atoms with van der Waals surface area (Å²) < 4.78 is 0. The number of hydrogen-bond acceptors (Lipinski definition) is 29. The number of hydrogen-bond donors (Lipinski definition) is 30. The van der Waals surface area contributed by atoms with E-state index in [1.807, 2.05) is 0 Å². The van der Waals surface area contributed by atoms with Crippen LogP contribution in [0.25, 0.3) is 0 Å². The molecular weight excluding hydrogens is 1860 g/mol. The molecule has 52 heteroatoms. The molecule has 34 N–H and O–H groups in total. The van der Waals surface area contributed by atoms with Crippen molar-refractivity contribution >= 4 is 143 Å². The fourth-order valence-electron chi connectivity index (χ4n) is 14.3. The van der Waals surface area contributed by atoms with Crippen LogP contribution in [0.15, 0.2) is 54.6 Å². The van der Waals surface area contributed by atoms with E-state index in [4.69, 9.17) is 34.1 Å². The third kappa shape index (κ3) is 42.9. The smallest absolute Gasteiger partial charge is 0.326 e. The molecule has 18 atom stereocenters. The van der Waals surface area contributed by atoms with Crippen molar-refractivity contribution < 1.29 is 131 Å². The van der Waals surface area contributed by atoms with Crippen LogP contribution in [0.2, 0.25) is 0 Å². The van der Waals surface area contributed by atoms with Gasteiger partial charge in [-0.1, -0.05) is 104 Å². The van der Waals surface area contributed by atoms with Crippen LogP contribution >= 0.6 is 12.6 Å². The van der Waals surface area contributed by atoms with Gasteiger partial charge < -0.3 is 155 Å². The van der Waals surface area contributed by atoms with Crippen molar-refractivity contribution in [3.63, 3.8) is 0 Å². The number of carbonyl (C=O) groups is 21. The van der Waals surface area contributed by atoms with Crippen molar-refractivity contribution in [3.05, 3.63) is 65.7 Å². The quantitative estimate of drug-likeness (QED) is 0.0127. The van der Waals surface area contributed by atoms with Crippen molar-refractivity contribution in [3.8, 4) is 5.75 Å². The van der Waals surface area contributed by atoms with E-state index in [0.717, 1.165) is 18.7 Å². The number of nitrogens with zero attached hydrogens (tertiary/aromatic N) is 1. The van der Waals surface area contributed by atoms with Gasteiger partial charge in [-0.15, -0.1) is 0 Å².